The van der Waals surface area contributed by atoms with Crippen LogP contribution in [0.5, 0.6) is 0 Å². The minimum Gasteiger partial charge on any atom is -0.368 e. The largest absolute Gasteiger partial charge is 0.368 e. The summed E-state index contributed by atoms with van der Waals surface area (Å²) in [5, 5.41) is 16.8. The molecule has 2 aromatic heterocycles. The highest BCUT2D eigenvalue weighted by molar-refractivity contribution is 7.12. The van der Waals surface area contributed by atoms with E-state index in [-0.39, 0.29) is 17.5 Å². The number of anilines is 2. The molecule has 8 nitrogen and oxygen atoms in total. The minimum atomic E-state index is -0.599. The van der Waals surface area contributed by atoms with Gasteiger partial charge in [0, 0.05) is 4.88 Å². The second kappa shape index (κ2) is 5.40. The van der Waals surface area contributed by atoms with Gasteiger partial charge in [-0.1, -0.05) is 6.07 Å². The Kier molecular flexibility index (Phi) is 3.66. The van der Waals surface area contributed by atoms with Crippen molar-refractivity contribution in [2.75, 3.05) is 11.2 Å². The Morgan fingerprint density at radius 3 is 3.05 bits per heavy atom. The molecule has 9 heteroatoms. The van der Waals surface area contributed by atoms with Crippen LogP contribution in [0.2, 0.25) is 0 Å². The van der Waals surface area contributed by atoms with Crippen molar-refractivity contribution in [3.8, 4) is 0 Å². The lowest BCUT2D eigenvalue weighted by Gasteiger charge is -2.02. The van der Waals surface area contributed by atoms with Gasteiger partial charge < -0.3 is 5.73 Å². The Morgan fingerprint density at radius 1 is 1.63 bits per heavy atom. The van der Waals surface area contributed by atoms with Crippen molar-refractivity contribution in [2.24, 2.45) is 5.10 Å². The van der Waals surface area contributed by atoms with Crippen LogP contribution in [0.15, 0.2) is 28.8 Å². The topological polar surface area (TPSA) is 119 Å². The van der Waals surface area contributed by atoms with Crippen LogP contribution in [0.25, 0.3) is 0 Å². The van der Waals surface area contributed by atoms with Gasteiger partial charge >= 0.3 is 5.69 Å². The van der Waals surface area contributed by atoms with Crippen molar-refractivity contribution in [2.45, 2.75) is 6.92 Å². The molecule has 19 heavy (non-hydrogen) atoms. The number of nitrogens with one attached hydrogen (secondary N) is 1. The smallest absolute Gasteiger partial charge is 0.331 e. The second-order valence-electron chi connectivity index (χ2n) is 3.51. The Labute approximate surface area is 112 Å². The fourth-order valence-corrected chi connectivity index (χ4v) is 1.96. The van der Waals surface area contributed by atoms with Gasteiger partial charge in [0.15, 0.2) is 0 Å². The molecular weight excluding hydrogens is 268 g/mol. The van der Waals surface area contributed by atoms with Crippen LogP contribution in [-0.2, 0) is 0 Å². The molecule has 98 valence electrons. The lowest BCUT2D eigenvalue weighted by Crippen LogP contribution is -2.05. The lowest BCUT2D eigenvalue weighted by atomic mass is 10.3. The summed E-state index contributed by atoms with van der Waals surface area (Å²) in [7, 11) is 0. The Hall–Kier alpha value is -2.55. The molecule has 0 fully saturated rings. The Balaban J connectivity index is 2.26. The van der Waals surface area contributed by atoms with E-state index in [9.17, 15) is 10.1 Å². The number of nitrogen functional groups attached to an aromatic ring is 1. The van der Waals surface area contributed by atoms with Gasteiger partial charge in [-0.15, -0.1) is 11.3 Å². The number of nitrogens with two attached hydrogens (primary N) is 1. The first-order chi connectivity index (χ1) is 9.08. The summed E-state index contributed by atoms with van der Waals surface area (Å²) in [5.74, 6) is -0.0921. The van der Waals surface area contributed by atoms with Crippen LogP contribution in [0.4, 0.5) is 17.5 Å². The van der Waals surface area contributed by atoms with Gasteiger partial charge in [0.1, 0.15) is 6.20 Å². The summed E-state index contributed by atoms with van der Waals surface area (Å²) >= 11 is 1.52. The van der Waals surface area contributed by atoms with E-state index in [0.717, 1.165) is 11.1 Å². The van der Waals surface area contributed by atoms with Gasteiger partial charge in [-0.25, -0.2) is 4.98 Å². The summed E-state index contributed by atoms with van der Waals surface area (Å²) < 4.78 is 0. The van der Waals surface area contributed by atoms with Gasteiger partial charge in [0.05, 0.1) is 10.6 Å². The zero-order chi connectivity index (χ0) is 13.8. The number of hydrogen-bond donors (Lipinski definition) is 2. The van der Waals surface area contributed by atoms with Crippen LogP contribution in [0.1, 0.15) is 11.8 Å². The van der Waals surface area contributed by atoms with Crippen LogP contribution in [0, 0.1) is 10.1 Å². The molecule has 2 heterocycles. The van der Waals surface area contributed by atoms with Gasteiger partial charge in [-0.2, -0.15) is 10.1 Å². The first-order valence-electron chi connectivity index (χ1n) is 5.19. The maximum absolute atomic E-state index is 10.8. The first kappa shape index (κ1) is 12.9. The molecule has 0 saturated heterocycles. The number of rotatable bonds is 4. The van der Waals surface area contributed by atoms with Crippen LogP contribution >= 0.6 is 11.3 Å². The highest BCUT2D eigenvalue weighted by atomic mass is 32.1. The molecule has 0 atom stereocenters. The molecule has 0 amide bonds. The van der Waals surface area contributed by atoms with Gasteiger partial charge in [0.2, 0.25) is 11.8 Å². The number of nitrogens with zero attached hydrogens (tertiary/aromatic N) is 4. The number of nitro groups is 1. The monoisotopic (exact) mass is 278 g/mol. The summed E-state index contributed by atoms with van der Waals surface area (Å²) in [6.07, 6.45) is 1.04. The Bertz CT molecular complexity index is 625. The summed E-state index contributed by atoms with van der Waals surface area (Å²) in [5.41, 5.74) is 8.36. The molecule has 0 unspecified atom stereocenters. The molecule has 0 aliphatic carbocycles. The average molecular weight is 278 g/mol. The van der Waals surface area contributed by atoms with Crippen LogP contribution in [-0.4, -0.2) is 20.6 Å². The number of hydrogen-bond acceptors (Lipinski definition) is 8. The van der Waals surface area contributed by atoms with Gasteiger partial charge in [0.25, 0.3) is 0 Å². The van der Waals surface area contributed by atoms with Crippen molar-refractivity contribution in [1.82, 2.24) is 9.97 Å². The maximum atomic E-state index is 10.8. The fraction of sp³-hybridized carbons (Fsp3) is 0.100. The molecule has 3 N–H and O–H groups in total. The molecule has 0 aliphatic heterocycles. The van der Waals surface area contributed by atoms with E-state index in [0.29, 0.717) is 5.71 Å². The predicted octanol–water partition coefficient (Wildman–Crippen LogP) is 1.86. The normalized spacial score (nSPS) is 11.3. The fourth-order valence-electron chi connectivity index (χ4n) is 1.28. The predicted molar refractivity (Wildman–Crippen MR) is 73.3 cm³/mol. The number of thiophene rings is 1. The van der Waals surface area contributed by atoms with Crippen molar-refractivity contribution in [3.63, 3.8) is 0 Å². The maximum Gasteiger partial charge on any atom is 0.331 e. The number of aromatic nitrogens is 2. The third-order valence-corrected chi connectivity index (χ3v) is 3.17. The molecule has 2 rings (SSSR count). The highest BCUT2D eigenvalue weighted by Gasteiger charge is 2.16. The van der Waals surface area contributed by atoms with E-state index in [2.05, 4.69) is 20.5 Å². The van der Waals surface area contributed by atoms with Crippen LogP contribution < -0.4 is 11.2 Å². The highest BCUT2D eigenvalue weighted by Crippen LogP contribution is 2.21. The molecule has 0 saturated carbocycles. The minimum absolute atomic E-state index is 0.0339. The molecule has 0 spiro atoms. The quantitative estimate of drug-likeness (QED) is 0.500. The van der Waals surface area contributed by atoms with E-state index in [1.807, 2.05) is 17.5 Å². The van der Waals surface area contributed by atoms with Crippen molar-refractivity contribution in [3.05, 3.63) is 38.7 Å². The second-order valence-corrected chi connectivity index (χ2v) is 4.45. The number of hydrazone groups is 1. The third kappa shape index (κ3) is 3.01. The van der Waals surface area contributed by atoms with E-state index in [1.54, 1.807) is 6.92 Å². The SMILES string of the molecule is C/C(=N\Nc1nc(N)ncc1[N+](=O)[O-])c1cccs1. The molecule has 2 aromatic rings. The van der Waals surface area contributed by atoms with Gasteiger partial charge in [-0.05, 0) is 18.4 Å². The molecular formula is C10H10N6O2S. The van der Waals surface area contributed by atoms with E-state index in [1.165, 1.54) is 11.3 Å². The zero-order valence-corrected chi connectivity index (χ0v) is 10.7. The Morgan fingerprint density at radius 2 is 2.42 bits per heavy atom. The zero-order valence-electron chi connectivity index (χ0n) is 9.90. The van der Waals surface area contributed by atoms with Crippen molar-refractivity contribution < 1.29 is 4.92 Å². The van der Waals surface area contributed by atoms with E-state index in [4.69, 9.17) is 5.73 Å². The molecule has 0 radical (unpaired) electrons. The van der Waals surface area contributed by atoms with Crippen molar-refractivity contribution >= 4 is 34.5 Å². The third-order valence-electron chi connectivity index (χ3n) is 2.19. The average Bonchev–Trinajstić information content (AvgIpc) is 2.89. The molecule has 0 bridgehead atoms. The first-order valence-corrected chi connectivity index (χ1v) is 6.07. The molecule has 0 aliphatic rings. The van der Waals surface area contributed by atoms with E-state index >= 15 is 0 Å². The summed E-state index contributed by atoms with van der Waals surface area (Å²) in [6.45, 7) is 1.79. The summed E-state index contributed by atoms with van der Waals surface area (Å²) in [6, 6.07) is 3.79. The van der Waals surface area contributed by atoms with Crippen LogP contribution in [0.3, 0.4) is 0 Å². The standard InChI is InChI=1S/C10H10N6O2S/c1-6(8-3-2-4-19-8)14-15-9-7(16(17)18)5-12-10(11)13-9/h2-5H,1H3,(H3,11,12,13,15)/b14-6+. The lowest BCUT2D eigenvalue weighted by molar-refractivity contribution is -0.384. The van der Waals surface area contributed by atoms with E-state index < -0.39 is 4.92 Å². The van der Waals surface area contributed by atoms with Crippen molar-refractivity contribution in [1.29, 1.82) is 0 Å². The van der Waals surface area contributed by atoms with Gasteiger partial charge in [-0.3, -0.25) is 15.5 Å². The summed E-state index contributed by atoms with van der Waals surface area (Å²) in [4.78, 5) is 18.5. The molecule has 0 aromatic carbocycles.